The number of hydrogen-bond acceptors (Lipinski definition) is 3. The molecule has 5 heteroatoms. The number of aromatic hydroxyl groups is 1. The third-order valence-electron chi connectivity index (χ3n) is 1.59. The number of rotatable bonds is 3. The first-order valence-corrected chi connectivity index (χ1v) is 3.80. The van der Waals surface area contributed by atoms with Crippen LogP contribution in [0.2, 0.25) is 0 Å². The van der Waals surface area contributed by atoms with Gasteiger partial charge in [-0.05, 0) is 19.1 Å². The molecule has 3 nitrogen and oxygen atoms in total. The van der Waals surface area contributed by atoms with Gasteiger partial charge in [-0.15, -0.1) is 0 Å². The molecule has 0 aliphatic carbocycles. The summed E-state index contributed by atoms with van der Waals surface area (Å²) in [6, 6.07) is 3.85. The monoisotopic (exact) mass is 202 g/mol. The SMILES string of the molecule is CC(=O)c1cccc(OC(F)F)c1O. The Labute approximate surface area is 78.9 Å². The highest BCUT2D eigenvalue weighted by molar-refractivity contribution is 5.97. The minimum absolute atomic E-state index is 0.0387. The number of hydrogen-bond donors (Lipinski definition) is 1. The lowest BCUT2D eigenvalue weighted by Gasteiger charge is -2.08. The maximum atomic E-state index is 11.8. The number of Topliss-reactive ketones (excluding diaryl/α,β-unsaturated/α-hetero) is 1. The Morgan fingerprint density at radius 2 is 2.14 bits per heavy atom. The van der Waals surface area contributed by atoms with Crippen LogP contribution < -0.4 is 4.74 Å². The summed E-state index contributed by atoms with van der Waals surface area (Å²) in [6.45, 7) is -1.80. The predicted octanol–water partition coefficient (Wildman–Crippen LogP) is 2.20. The van der Waals surface area contributed by atoms with Gasteiger partial charge in [0.25, 0.3) is 0 Å². The average Bonchev–Trinajstić information content (AvgIpc) is 2.07. The van der Waals surface area contributed by atoms with E-state index in [-0.39, 0.29) is 5.56 Å². The Hall–Kier alpha value is -1.65. The number of halogens is 2. The number of para-hydroxylation sites is 1. The Morgan fingerprint density at radius 3 is 2.64 bits per heavy atom. The molecule has 14 heavy (non-hydrogen) atoms. The van der Waals surface area contributed by atoms with Crippen LogP contribution >= 0.6 is 0 Å². The summed E-state index contributed by atoms with van der Waals surface area (Å²) in [4.78, 5) is 10.9. The molecular formula is C9H8F2O3. The van der Waals surface area contributed by atoms with Crippen LogP contribution in [0.5, 0.6) is 11.5 Å². The summed E-state index contributed by atoms with van der Waals surface area (Å²) in [6.07, 6.45) is 0. The molecule has 0 saturated carbocycles. The normalized spacial score (nSPS) is 10.3. The third kappa shape index (κ3) is 2.18. The number of ether oxygens (including phenoxy) is 1. The largest absolute Gasteiger partial charge is 0.504 e. The molecular weight excluding hydrogens is 194 g/mol. The van der Waals surface area contributed by atoms with E-state index in [1.807, 2.05) is 0 Å². The minimum Gasteiger partial charge on any atom is -0.504 e. The van der Waals surface area contributed by atoms with Crippen LogP contribution in [0.15, 0.2) is 18.2 Å². The van der Waals surface area contributed by atoms with Crippen molar-refractivity contribution < 1.29 is 23.4 Å². The lowest BCUT2D eigenvalue weighted by molar-refractivity contribution is -0.0513. The van der Waals surface area contributed by atoms with Gasteiger partial charge < -0.3 is 9.84 Å². The van der Waals surface area contributed by atoms with E-state index in [4.69, 9.17) is 0 Å². The van der Waals surface area contributed by atoms with E-state index >= 15 is 0 Å². The van der Waals surface area contributed by atoms with E-state index in [1.165, 1.54) is 19.1 Å². The molecule has 0 radical (unpaired) electrons. The molecule has 0 atom stereocenters. The maximum absolute atomic E-state index is 11.8. The first-order valence-electron chi connectivity index (χ1n) is 3.80. The van der Waals surface area contributed by atoms with Crippen molar-refractivity contribution in [2.75, 3.05) is 0 Å². The average molecular weight is 202 g/mol. The van der Waals surface area contributed by atoms with Crippen molar-refractivity contribution in [3.63, 3.8) is 0 Å². The van der Waals surface area contributed by atoms with Crippen LogP contribution in [0.1, 0.15) is 17.3 Å². The van der Waals surface area contributed by atoms with Crippen molar-refractivity contribution in [2.24, 2.45) is 0 Å². The van der Waals surface area contributed by atoms with E-state index in [0.29, 0.717) is 0 Å². The Kier molecular flexibility index (Phi) is 3.01. The lowest BCUT2D eigenvalue weighted by Crippen LogP contribution is -2.03. The molecule has 0 bridgehead atoms. The number of carbonyl (C=O) groups excluding carboxylic acids is 1. The molecule has 0 aromatic heterocycles. The Bertz CT molecular complexity index is 350. The summed E-state index contributed by atoms with van der Waals surface area (Å²) < 4.78 is 27.6. The maximum Gasteiger partial charge on any atom is 0.387 e. The number of benzene rings is 1. The summed E-state index contributed by atoms with van der Waals surface area (Å²) >= 11 is 0. The van der Waals surface area contributed by atoms with Gasteiger partial charge >= 0.3 is 6.61 Å². The van der Waals surface area contributed by atoms with Gasteiger partial charge in [0.1, 0.15) is 0 Å². The molecule has 0 aliphatic rings. The van der Waals surface area contributed by atoms with Crippen LogP contribution in [0, 0.1) is 0 Å². The van der Waals surface area contributed by atoms with Crippen LogP contribution in [-0.4, -0.2) is 17.5 Å². The summed E-state index contributed by atoms with van der Waals surface area (Å²) in [7, 11) is 0. The minimum atomic E-state index is -3.02. The fraction of sp³-hybridized carbons (Fsp3) is 0.222. The van der Waals surface area contributed by atoms with Crippen molar-refractivity contribution in [2.45, 2.75) is 13.5 Å². The molecule has 76 valence electrons. The number of alkyl halides is 2. The smallest absolute Gasteiger partial charge is 0.387 e. The zero-order valence-corrected chi connectivity index (χ0v) is 7.33. The fourth-order valence-electron chi connectivity index (χ4n) is 0.998. The van der Waals surface area contributed by atoms with Gasteiger partial charge in [0, 0.05) is 0 Å². The molecule has 0 unspecified atom stereocenters. The quantitative estimate of drug-likeness (QED) is 0.764. The van der Waals surface area contributed by atoms with Crippen LogP contribution in [0.4, 0.5) is 8.78 Å². The highest BCUT2D eigenvalue weighted by Crippen LogP contribution is 2.30. The zero-order chi connectivity index (χ0) is 10.7. The number of carbonyl (C=O) groups is 1. The van der Waals surface area contributed by atoms with E-state index < -0.39 is 23.9 Å². The standard InChI is InChI=1S/C9H8F2O3/c1-5(12)6-3-2-4-7(8(6)13)14-9(10)11/h2-4,9,13H,1H3. The molecule has 0 heterocycles. The molecule has 0 saturated heterocycles. The molecule has 0 amide bonds. The Balaban J connectivity index is 3.07. The molecule has 0 fully saturated rings. The van der Waals surface area contributed by atoms with Crippen LogP contribution in [0.3, 0.4) is 0 Å². The van der Waals surface area contributed by atoms with Gasteiger partial charge in [0.05, 0.1) is 5.56 Å². The second kappa shape index (κ2) is 4.04. The summed E-state index contributed by atoms with van der Waals surface area (Å²) in [5.74, 6) is -1.37. The van der Waals surface area contributed by atoms with Gasteiger partial charge in [-0.3, -0.25) is 4.79 Å². The van der Waals surface area contributed by atoms with Gasteiger partial charge in [-0.25, -0.2) is 0 Å². The topological polar surface area (TPSA) is 46.5 Å². The van der Waals surface area contributed by atoms with Crippen LogP contribution in [-0.2, 0) is 0 Å². The van der Waals surface area contributed by atoms with E-state index in [1.54, 1.807) is 0 Å². The highest BCUT2D eigenvalue weighted by Gasteiger charge is 2.14. The van der Waals surface area contributed by atoms with Crippen molar-refractivity contribution >= 4 is 5.78 Å². The molecule has 1 rings (SSSR count). The van der Waals surface area contributed by atoms with E-state index in [0.717, 1.165) is 6.07 Å². The van der Waals surface area contributed by atoms with Crippen LogP contribution in [0.25, 0.3) is 0 Å². The molecule has 1 aromatic rings. The Morgan fingerprint density at radius 1 is 1.50 bits per heavy atom. The highest BCUT2D eigenvalue weighted by atomic mass is 19.3. The van der Waals surface area contributed by atoms with Gasteiger partial charge in [0.15, 0.2) is 17.3 Å². The van der Waals surface area contributed by atoms with Crippen molar-refractivity contribution in [1.29, 1.82) is 0 Å². The summed E-state index contributed by atoms with van der Waals surface area (Å²) in [5, 5.41) is 9.33. The molecule has 0 aliphatic heterocycles. The number of ketones is 1. The van der Waals surface area contributed by atoms with Crippen molar-refractivity contribution in [3.8, 4) is 11.5 Å². The van der Waals surface area contributed by atoms with Crippen molar-refractivity contribution in [1.82, 2.24) is 0 Å². The van der Waals surface area contributed by atoms with Gasteiger partial charge in [0.2, 0.25) is 0 Å². The first-order chi connectivity index (χ1) is 6.52. The van der Waals surface area contributed by atoms with Crippen molar-refractivity contribution in [3.05, 3.63) is 23.8 Å². The van der Waals surface area contributed by atoms with Gasteiger partial charge in [-0.2, -0.15) is 8.78 Å². The summed E-state index contributed by atoms with van der Waals surface area (Å²) in [5.41, 5.74) is -0.0387. The van der Waals surface area contributed by atoms with E-state index in [9.17, 15) is 18.7 Å². The lowest BCUT2D eigenvalue weighted by atomic mass is 10.1. The second-order valence-electron chi connectivity index (χ2n) is 2.59. The molecule has 1 aromatic carbocycles. The number of phenols is 1. The molecule has 0 spiro atoms. The zero-order valence-electron chi connectivity index (χ0n) is 7.33. The number of phenolic OH excluding ortho intramolecular Hbond substituents is 1. The fourth-order valence-corrected chi connectivity index (χ4v) is 0.998. The first kappa shape index (κ1) is 10.4. The van der Waals surface area contributed by atoms with Gasteiger partial charge in [-0.1, -0.05) is 6.07 Å². The second-order valence-corrected chi connectivity index (χ2v) is 2.59. The molecule has 1 N–H and O–H groups in total. The third-order valence-corrected chi connectivity index (χ3v) is 1.59. The van der Waals surface area contributed by atoms with E-state index in [2.05, 4.69) is 4.74 Å². The predicted molar refractivity (Wildman–Crippen MR) is 44.7 cm³/mol.